The number of halogens is 1. The summed E-state index contributed by atoms with van der Waals surface area (Å²) in [6, 6.07) is 5.41. The topological polar surface area (TPSA) is 38.3 Å². The van der Waals surface area contributed by atoms with Crippen LogP contribution in [0.15, 0.2) is 22.7 Å². The molecule has 1 atom stereocenters. The van der Waals surface area contributed by atoms with Gasteiger partial charge in [-0.15, -0.1) is 0 Å². The van der Waals surface area contributed by atoms with Crippen molar-refractivity contribution in [3.63, 3.8) is 0 Å². The molecule has 1 N–H and O–H groups in total. The number of nitrogens with one attached hydrogen (secondary N) is 1. The normalized spacial score (nSPS) is 18.9. The number of ether oxygens (including phenoxy) is 1. The van der Waals surface area contributed by atoms with Crippen molar-refractivity contribution in [3.8, 4) is 5.75 Å². The predicted octanol–water partition coefficient (Wildman–Crippen LogP) is 3.04. The van der Waals surface area contributed by atoms with Gasteiger partial charge in [-0.2, -0.15) is 23.5 Å². The lowest BCUT2D eigenvalue weighted by molar-refractivity contribution is 0.0953. The molecule has 0 saturated carbocycles. The average Bonchev–Trinajstić information content (AvgIpc) is 2.46. The van der Waals surface area contributed by atoms with Crippen LogP contribution >= 0.6 is 39.5 Å². The summed E-state index contributed by atoms with van der Waals surface area (Å²) in [5, 5.41) is 3.52. The predicted molar refractivity (Wildman–Crippen MR) is 86.6 cm³/mol. The van der Waals surface area contributed by atoms with Gasteiger partial charge in [-0.25, -0.2) is 0 Å². The first kappa shape index (κ1) is 15.1. The lowest BCUT2D eigenvalue weighted by atomic mass is 10.2. The molecule has 1 fully saturated rings. The highest BCUT2D eigenvalue weighted by Crippen LogP contribution is 2.24. The van der Waals surface area contributed by atoms with E-state index in [1.165, 1.54) is 11.5 Å². The van der Waals surface area contributed by atoms with Crippen LogP contribution < -0.4 is 10.1 Å². The Bertz CT molecular complexity index is 450. The molecule has 6 heteroatoms. The van der Waals surface area contributed by atoms with E-state index in [1.807, 2.05) is 35.7 Å². The van der Waals surface area contributed by atoms with Crippen molar-refractivity contribution >= 4 is 45.4 Å². The first-order valence-corrected chi connectivity index (χ1v) is 9.01. The number of hydrogen-bond acceptors (Lipinski definition) is 4. The van der Waals surface area contributed by atoms with E-state index in [0.717, 1.165) is 16.8 Å². The number of rotatable bonds is 4. The van der Waals surface area contributed by atoms with Gasteiger partial charge >= 0.3 is 0 Å². The van der Waals surface area contributed by atoms with E-state index in [2.05, 4.69) is 21.2 Å². The Balaban J connectivity index is 1.95. The summed E-state index contributed by atoms with van der Waals surface area (Å²) in [5.41, 5.74) is 0.618. The van der Waals surface area contributed by atoms with E-state index in [-0.39, 0.29) is 5.91 Å². The van der Waals surface area contributed by atoms with Crippen LogP contribution in [0.3, 0.4) is 0 Å². The molecule has 2 rings (SSSR count). The fraction of sp³-hybridized carbons (Fsp3) is 0.462. The number of benzene rings is 1. The third kappa shape index (κ3) is 4.33. The molecule has 0 aliphatic carbocycles. The van der Waals surface area contributed by atoms with Gasteiger partial charge in [0.15, 0.2) is 0 Å². The zero-order chi connectivity index (χ0) is 13.7. The quantitative estimate of drug-likeness (QED) is 0.894. The summed E-state index contributed by atoms with van der Waals surface area (Å²) in [6.07, 6.45) is 0. The molecule has 19 heavy (non-hydrogen) atoms. The van der Waals surface area contributed by atoms with Crippen molar-refractivity contribution in [2.75, 3.05) is 30.9 Å². The molecule has 0 spiro atoms. The maximum Gasteiger partial charge on any atom is 0.252 e. The second-order valence-corrected chi connectivity index (χ2v) is 7.54. The summed E-state index contributed by atoms with van der Waals surface area (Å²) in [6.45, 7) is 0.722. The smallest absolute Gasteiger partial charge is 0.252 e. The molecule has 0 bridgehead atoms. The van der Waals surface area contributed by atoms with Gasteiger partial charge in [0.1, 0.15) is 5.75 Å². The molecule has 1 saturated heterocycles. The Kier molecular flexibility index (Phi) is 5.91. The van der Waals surface area contributed by atoms with Gasteiger partial charge in [0, 0.05) is 33.5 Å². The Labute approximate surface area is 130 Å². The standard InChI is InChI=1S/C13H16BrNO2S2/c1-17-9-2-3-12(14)11(6-9)13(16)15-7-10-8-18-4-5-19-10/h2-3,6,10H,4-5,7-8H2,1H3,(H,15,16). The molecule has 104 valence electrons. The van der Waals surface area contributed by atoms with Gasteiger partial charge in [0.2, 0.25) is 0 Å². The van der Waals surface area contributed by atoms with E-state index in [1.54, 1.807) is 13.2 Å². The lowest BCUT2D eigenvalue weighted by Gasteiger charge is -2.21. The summed E-state index contributed by atoms with van der Waals surface area (Å²) >= 11 is 7.30. The summed E-state index contributed by atoms with van der Waals surface area (Å²) in [4.78, 5) is 12.2. The summed E-state index contributed by atoms with van der Waals surface area (Å²) < 4.78 is 5.93. The van der Waals surface area contributed by atoms with E-state index in [4.69, 9.17) is 4.74 Å². The zero-order valence-electron chi connectivity index (χ0n) is 10.6. The Morgan fingerprint density at radius 2 is 2.37 bits per heavy atom. The van der Waals surface area contributed by atoms with Crippen molar-refractivity contribution in [1.82, 2.24) is 5.32 Å². The van der Waals surface area contributed by atoms with Crippen LogP contribution in [-0.4, -0.2) is 42.1 Å². The van der Waals surface area contributed by atoms with Crippen LogP contribution in [0.4, 0.5) is 0 Å². The summed E-state index contributed by atoms with van der Waals surface area (Å²) in [5.74, 6) is 4.15. The molecule has 1 aromatic carbocycles. The van der Waals surface area contributed by atoms with Gasteiger partial charge in [0.25, 0.3) is 5.91 Å². The number of hydrogen-bond donors (Lipinski definition) is 1. The molecule has 1 aliphatic heterocycles. The van der Waals surface area contributed by atoms with Crippen LogP contribution in [0.25, 0.3) is 0 Å². The highest BCUT2D eigenvalue weighted by Gasteiger charge is 2.17. The van der Waals surface area contributed by atoms with Crippen LogP contribution in [0, 0.1) is 0 Å². The van der Waals surface area contributed by atoms with Crippen LogP contribution in [0.2, 0.25) is 0 Å². The third-order valence-electron chi connectivity index (χ3n) is 2.79. The van der Waals surface area contributed by atoms with Crippen LogP contribution in [0.1, 0.15) is 10.4 Å². The first-order chi connectivity index (χ1) is 9.20. The minimum Gasteiger partial charge on any atom is -0.497 e. The van der Waals surface area contributed by atoms with Gasteiger partial charge < -0.3 is 10.1 Å². The van der Waals surface area contributed by atoms with Crippen molar-refractivity contribution in [2.45, 2.75) is 5.25 Å². The van der Waals surface area contributed by atoms with E-state index in [9.17, 15) is 4.79 Å². The number of methoxy groups -OCH3 is 1. The fourth-order valence-electron chi connectivity index (χ4n) is 1.76. The van der Waals surface area contributed by atoms with Crippen LogP contribution in [0.5, 0.6) is 5.75 Å². The van der Waals surface area contributed by atoms with E-state index in [0.29, 0.717) is 16.6 Å². The highest BCUT2D eigenvalue weighted by molar-refractivity contribution is 9.10. The van der Waals surface area contributed by atoms with Crippen molar-refractivity contribution in [2.24, 2.45) is 0 Å². The minimum absolute atomic E-state index is 0.0538. The van der Waals surface area contributed by atoms with Crippen LogP contribution in [-0.2, 0) is 0 Å². The van der Waals surface area contributed by atoms with Gasteiger partial charge in [-0.05, 0) is 34.1 Å². The summed E-state index contributed by atoms with van der Waals surface area (Å²) in [7, 11) is 1.60. The van der Waals surface area contributed by atoms with Gasteiger partial charge in [0.05, 0.1) is 12.7 Å². The molecule has 1 aromatic rings. The number of thioether (sulfide) groups is 2. The van der Waals surface area contributed by atoms with E-state index >= 15 is 0 Å². The molecular weight excluding hydrogens is 346 g/mol. The maximum atomic E-state index is 12.2. The second kappa shape index (κ2) is 7.45. The molecule has 0 aromatic heterocycles. The molecule has 1 heterocycles. The second-order valence-electron chi connectivity index (χ2n) is 4.12. The van der Waals surface area contributed by atoms with Gasteiger partial charge in [-0.3, -0.25) is 4.79 Å². The largest absolute Gasteiger partial charge is 0.497 e. The van der Waals surface area contributed by atoms with Crippen molar-refractivity contribution < 1.29 is 9.53 Å². The lowest BCUT2D eigenvalue weighted by Crippen LogP contribution is -2.33. The maximum absolute atomic E-state index is 12.2. The fourth-order valence-corrected chi connectivity index (χ4v) is 4.80. The third-order valence-corrected chi connectivity index (χ3v) is 6.33. The van der Waals surface area contributed by atoms with Gasteiger partial charge in [-0.1, -0.05) is 0 Å². The average molecular weight is 362 g/mol. The van der Waals surface area contributed by atoms with Crippen molar-refractivity contribution in [1.29, 1.82) is 0 Å². The number of amides is 1. The van der Waals surface area contributed by atoms with Crippen molar-refractivity contribution in [3.05, 3.63) is 28.2 Å². The molecule has 0 radical (unpaired) electrons. The monoisotopic (exact) mass is 361 g/mol. The minimum atomic E-state index is -0.0538. The first-order valence-electron chi connectivity index (χ1n) is 6.02. The number of carbonyl (C=O) groups excluding carboxylic acids is 1. The number of carbonyl (C=O) groups is 1. The Morgan fingerprint density at radius 3 is 3.05 bits per heavy atom. The Morgan fingerprint density at radius 1 is 1.53 bits per heavy atom. The SMILES string of the molecule is COc1ccc(Br)c(C(=O)NCC2CSCCS2)c1. The highest BCUT2D eigenvalue weighted by atomic mass is 79.9. The molecule has 3 nitrogen and oxygen atoms in total. The van der Waals surface area contributed by atoms with E-state index < -0.39 is 0 Å². The Hall–Kier alpha value is -0.330. The molecule has 1 unspecified atom stereocenters. The molecule has 1 aliphatic rings. The molecule has 1 amide bonds. The molecular formula is C13H16BrNO2S2. The zero-order valence-corrected chi connectivity index (χ0v) is 13.9.